The number of ether oxygens (including phenoxy) is 2. The molecule has 5 rings (SSSR count). The van der Waals surface area contributed by atoms with Crippen molar-refractivity contribution in [3.63, 3.8) is 0 Å². The van der Waals surface area contributed by atoms with Crippen molar-refractivity contribution < 1.29 is 24.2 Å². The molecule has 1 amide bonds. The normalized spacial score (nSPS) is 18.8. The molecule has 1 N–H and O–H groups in total. The van der Waals surface area contributed by atoms with Crippen molar-refractivity contribution in [2.45, 2.75) is 32.7 Å². The SMILES string of the molecule is COc1ccccc1C1/C(=C(\O)c2ccc3c(c2)CCCO3)C(=O)C(=O)N1c1cc(C)ccc1C. The Labute approximate surface area is 204 Å². The third kappa shape index (κ3) is 3.85. The lowest BCUT2D eigenvalue weighted by molar-refractivity contribution is -0.132. The Morgan fingerprint density at radius 1 is 1.06 bits per heavy atom. The summed E-state index contributed by atoms with van der Waals surface area (Å²) in [7, 11) is 1.55. The van der Waals surface area contributed by atoms with E-state index < -0.39 is 17.7 Å². The quantitative estimate of drug-likeness (QED) is 0.320. The maximum absolute atomic E-state index is 13.5. The molecule has 0 bridgehead atoms. The number of hydrogen-bond acceptors (Lipinski definition) is 5. The highest BCUT2D eigenvalue weighted by atomic mass is 16.5. The van der Waals surface area contributed by atoms with Crippen molar-refractivity contribution >= 4 is 23.1 Å². The lowest BCUT2D eigenvalue weighted by Gasteiger charge is -2.28. The summed E-state index contributed by atoms with van der Waals surface area (Å²) in [4.78, 5) is 28.5. The zero-order chi connectivity index (χ0) is 24.7. The van der Waals surface area contributed by atoms with E-state index in [1.54, 1.807) is 19.2 Å². The van der Waals surface area contributed by atoms with Gasteiger partial charge in [0.05, 0.1) is 25.3 Å². The topological polar surface area (TPSA) is 76.1 Å². The molecule has 6 heteroatoms. The van der Waals surface area contributed by atoms with Crippen molar-refractivity contribution in [2.75, 3.05) is 18.6 Å². The lowest BCUT2D eigenvalue weighted by atomic mass is 9.93. The number of fused-ring (bicyclic) bond motifs is 1. The first-order valence-electron chi connectivity index (χ1n) is 11.7. The summed E-state index contributed by atoms with van der Waals surface area (Å²) in [5.41, 5.74) is 4.55. The molecular formula is C29H27NO5. The molecule has 3 aromatic rings. The Morgan fingerprint density at radius 2 is 1.86 bits per heavy atom. The van der Waals surface area contributed by atoms with Crippen LogP contribution >= 0.6 is 0 Å². The number of benzene rings is 3. The van der Waals surface area contributed by atoms with Gasteiger partial charge in [0.1, 0.15) is 17.3 Å². The van der Waals surface area contributed by atoms with E-state index in [4.69, 9.17) is 9.47 Å². The highest BCUT2D eigenvalue weighted by Crippen LogP contribution is 2.46. The number of hydrogen-bond donors (Lipinski definition) is 1. The minimum atomic E-state index is -0.848. The van der Waals surface area contributed by atoms with Crippen LogP contribution in [0.2, 0.25) is 0 Å². The second-order valence-electron chi connectivity index (χ2n) is 8.98. The number of ketones is 1. The van der Waals surface area contributed by atoms with Crippen molar-refractivity contribution in [2.24, 2.45) is 0 Å². The van der Waals surface area contributed by atoms with E-state index >= 15 is 0 Å². The van der Waals surface area contributed by atoms with Crippen LogP contribution in [0.25, 0.3) is 5.76 Å². The minimum Gasteiger partial charge on any atom is -0.507 e. The minimum absolute atomic E-state index is 0.0390. The van der Waals surface area contributed by atoms with Gasteiger partial charge in [-0.1, -0.05) is 30.3 Å². The fraction of sp³-hybridized carbons (Fsp3) is 0.241. The van der Waals surface area contributed by atoms with E-state index in [9.17, 15) is 14.7 Å². The van der Waals surface area contributed by atoms with Gasteiger partial charge in [0.15, 0.2) is 0 Å². The van der Waals surface area contributed by atoms with Gasteiger partial charge in [-0.15, -0.1) is 0 Å². The van der Waals surface area contributed by atoms with Gasteiger partial charge in [0, 0.05) is 16.8 Å². The standard InChI is InChI=1S/C29H27NO5/c1-17-10-11-18(2)22(15-17)30-26(21-8-4-5-9-24(21)34-3)25(28(32)29(30)33)27(31)20-12-13-23-19(16-20)7-6-14-35-23/h4-5,8-13,15-16,26,31H,6-7,14H2,1-3H3/b27-25+. The molecule has 178 valence electrons. The predicted octanol–water partition coefficient (Wildman–Crippen LogP) is 5.26. The van der Waals surface area contributed by atoms with Gasteiger partial charge in [-0.3, -0.25) is 14.5 Å². The first-order chi connectivity index (χ1) is 16.9. The predicted molar refractivity (Wildman–Crippen MR) is 134 cm³/mol. The number of methoxy groups -OCH3 is 1. The van der Waals surface area contributed by atoms with Crippen LogP contribution in [-0.2, 0) is 16.0 Å². The summed E-state index contributed by atoms with van der Waals surface area (Å²) in [5, 5.41) is 11.5. The Bertz CT molecular complexity index is 1370. The Hall–Kier alpha value is -4.06. The van der Waals surface area contributed by atoms with E-state index in [1.807, 2.05) is 62.4 Å². The van der Waals surface area contributed by atoms with Crippen LogP contribution in [0.15, 0.2) is 66.2 Å². The summed E-state index contributed by atoms with van der Waals surface area (Å²) in [6.45, 7) is 4.50. The molecule has 0 radical (unpaired) electrons. The number of anilines is 1. The van der Waals surface area contributed by atoms with Gasteiger partial charge in [-0.05, 0) is 73.7 Å². The van der Waals surface area contributed by atoms with Crippen LogP contribution in [0.5, 0.6) is 11.5 Å². The van der Waals surface area contributed by atoms with Crippen LogP contribution in [0.1, 0.15) is 40.3 Å². The third-order valence-corrected chi connectivity index (χ3v) is 6.68. The van der Waals surface area contributed by atoms with Gasteiger partial charge in [-0.2, -0.15) is 0 Å². The second-order valence-corrected chi connectivity index (χ2v) is 8.98. The molecule has 0 aromatic heterocycles. The summed E-state index contributed by atoms with van der Waals surface area (Å²) in [6, 6.07) is 17.6. The second kappa shape index (κ2) is 8.95. The van der Waals surface area contributed by atoms with Crippen LogP contribution in [-0.4, -0.2) is 30.5 Å². The maximum Gasteiger partial charge on any atom is 0.300 e. The van der Waals surface area contributed by atoms with Crippen LogP contribution in [0, 0.1) is 13.8 Å². The number of nitrogens with zero attached hydrogens (tertiary/aromatic N) is 1. The molecule has 3 aromatic carbocycles. The lowest BCUT2D eigenvalue weighted by Crippen LogP contribution is -2.30. The Morgan fingerprint density at radius 3 is 2.66 bits per heavy atom. The molecule has 0 spiro atoms. The van der Waals surface area contributed by atoms with Crippen molar-refractivity contribution in [1.82, 2.24) is 0 Å². The number of aliphatic hydroxyl groups excluding tert-OH is 1. The molecule has 2 heterocycles. The number of rotatable bonds is 4. The highest BCUT2D eigenvalue weighted by Gasteiger charge is 2.48. The zero-order valence-electron chi connectivity index (χ0n) is 20.0. The monoisotopic (exact) mass is 469 g/mol. The number of amides is 1. The molecule has 1 unspecified atom stereocenters. The molecule has 2 aliphatic heterocycles. The molecule has 2 aliphatic rings. The number of carbonyl (C=O) groups excluding carboxylic acids is 2. The fourth-order valence-electron chi connectivity index (χ4n) is 4.91. The average Bonchev–Trinajstić information content (AvgIpc) is 3.14. The Kier molecular flexibility index (Phi) is 5.81. The number of Topliss-reactive ketones (excluding diaryl/α,β-unsaturated/α-hetero) is 1. The highest BCUT2D eigenvalue weighted by molar-refractivity contribution is 6.51. The van der Waals surface area contributed by atoms with Gasteiger partial charge < -0.3 is 14.6 Å². The number of carbonyl (C=O) groups is 2. The van der Waals surface area contributed by atoms with E-state index in [1.165, 1.54) is 4.90 Å². The molecule has 1 saturated heterocycles. The van der Waals surface area contributed by atoms with Gasteiger partial charge in [0.2, 0.25) is 0 Å². The summed E-state index contributed by atoms with van der Waals surface area (Å²) >= 11 is 0. The molecular weight excluding hydrogens is 442 g/mol. The third-order valence-electron chi connectivity index (χ3n) is 6.68. The van der Waals surface area contributed by atoms with Crippen LogP contribution in [0.3, 0.4) is 0 Å². The van der Waals surface area contributed by atoms with E-state index in [2.05, 4.69) is 0 Å². The Balaban J connectivity index is 1.75. The smallest absolute Gasteiger partial charge is 0.300 e. The van der Waals surface area contributed by atoms with Crippen molar-refractivity contribution in [1.29, 1.82) is 0 Å². The van der Waals surface area contributed by atoms with E-state index in [0.29, 0.717) is 29.2 Å². The first kappa shape index (κ1) is 22.7. The van der Waals surface area contributed by atoms with Crippen molar-refractivity contribution in [3.05, 3.63) is 94.1 Å². The molecule has 6 nitrogen and oxygen atoms in total. The summed E-state index contributed by atoms with van der Waals surface area (Å²) in [5.74, 6) is -0.310. The number of aliphatic hydroxyl groups is 1. The fourth-order valence-corrected chi connectivity index (χ4v) is 4.91. The first-order valence-corrected chi connectivity index (χ1v) is 11.7. The van der Waals surface area contributed by atoms with Gasteiger partial charge >= 0.3 is 0 Å². The van der Waals surface area contributed by atoms with Crippen molar-refractivity contribution in [3.8, 4) is 11.5 Å². The largest absolute Gasteiger partial charge is 0.507 e. The molecule has 1 fully saturated rings. The average molecular weight is 470 g/mol. The van der Waals surface area contributed by atoms with E-state index in [0.717, 1.165) is 35.3 Å². The molecule has 0 saturated carbocycles. The molecule has 1 atom stereocenters. The summed E-state index contributed by atoms with van der Waals surface area (Å²) in [6.07, 6.45) is 1.71. The maximum atomic E-state index is 13.5. The van der Waals surface area contributed by atoms with Crippen LogP contribution in [0.4, 0.5) is 5.69 Å². The number of aryl methyl sites for hydroxylation is 3. The summed E-state index contributed by atoms with van der Waals surface area (Å²) < 4.78 is 11.3. The van der Waals surface area contributed by atoms with Crippen LogP contribution < -0.4 is 14.4 Å². The van der Waals surface area contributed by atoms with Gasteiger partial charge in [0.25, 0.3) is 11.7 Å². The van der Waals surface area contributed by atoms with E-state index in [-0.39, 0.29) is 11.3 Å². The molecule has 0 aliphatic carbocycles. The zero-order valence-corrected chi connectivity index (χ0v) is 20.0. The van der Waals surface area contributed by atoms with Gasteiger partial charge in [-0.25, -0.2) is 0 Å². The number of para-hydroxylation sites is 1. The molecule has 35 heavy (non-hydrogen) atoms.